The van der Waals surface area contributed by atoms with Gasteiger partial charge in [0, 0.05) is 0 Å². The van der Waals surface area contributed by atoms with Gasteiger partial charge < -0.3 is 20.7 Å². The van der Waals surface area contributed by atoms with Gasteiger partial charge >= 0.3 is 10.4 Å². The fourth-order valence-electron chi connectivity index (χ4n) is 1.20. The summed E-state index contributed by atoms with van der Waals surface area (Å²) in [6.07, 6.45) is -3.61. The lowest BCUT2D eigenvalue weighted by Gasteiger charge is -2.35. The molecule has 0 bridgehead atoms. The van der Waals surface area contributed by atoms with Crippen molar-refractivity contribution in [3.63, 3.8) is 0 Å². The normalized spacial score (nSPS) is 37.9. The first-order valence-corrected chi connectivity index (χ1v) is 5.53. The highest BCUT2D eigenvalue weighted by molar-refractivity contribution is 7.80. The van der Waals surface area contributed by atoms with Gasteiger partial charge in [0.15, 0.2) is 0 Å². The van der Waals surface area contributed by atoms with Crippen molar-refractivity contribution in [3.8, 4) is 0 Å². The quantitative estimate of drug-likeness (QED) is 0.391. The Morgan fingerprint density at radius 3 is 2.53 bits per heavy atom. The van der Waals surface area contributed by atoms with Gasteiger partial charge in [0.1, 0.15) is 12.2 Å². The van der Waals surface area contributed by atoms with Crippen LogP contribution in [0.2, 0.25) is 0 Å². The van der Waals surface area contributed by atoms with Crippen LogP contribution < -0.4 is 5.73 Å². The molecule has 1 rings (SSSR count). The molecule has 0 amide bonds. The Labute approximate surface area is 86.6 Å². The summed E-state index contributed by atoms with van der Waals surface area (Å²) in [6, 6.07) is -0.734. The first-order chi connectivity index (χ1) is 6.81. The maximum Gasteiger partial charge on any atom is 0.397 e. The summed E-state index contributed by atoms with van der Waals surface area (Å²) in [5.41, 5.74) is 5.37. The molecule has 9 heteroatoms. The first-order valence-electron chi connectivity index (χ1n) is 4.16. The van der Waals surface area contributed by atoms with Gasteiger partial charge in [0.25, 0.3) is 0 Å². The van der Waals surface area contributed by atoms with Crippen LogP contribution >= 0.6 is 0 Å². The second kappa shape index (κ2) is 4.70. The molecule has 5 N–H and O–H groups in total. The molecular weight excluding hydrogens is 230 g/mol. The number of hydrogen-bond donors (Lipinski definition) is 4. The van der Waals surface area contributed by atoms with Crippen LogP contribution in [0.3, 0.4) is 0 Å². The summed E-state index contributed by atoms with van der Waals surface area (Å²) in [7, 11) is -4.58. The zero-order valence-corrected chi connectivity index (χ0v) is 8.50. The SMILES string of the molecule is NC1COC(COS(=O)(=O)O)[C@H](O)[C@@H]1O. The van der Waals surface area contributed by atoms with E-state index in [1.165, 1.54) is 0 Å². The summed E-state index contributed by atoms with van der Waals surface area (Å²) >= 11 is 0. The van der Waals surface area contributed by atoms with Crippen molar-refractivity contribution in [2.75, 3.05) is 13.2 Å². The van der Waals surface area contributed by atoms with Crippen LogP contribution in [0, 0.1) is 0 Å². The maximum absolute atomic E-state index is 10.2. The van der Waals surface area contributed by atoms with Gasteiger partial charge in [0.2, 0.25) is 0 Å². The van der Waals surface area contributed by atoms with E-state index in [0.717, 1.165) is 0 Å². The molecule has 4 atom stereocenters. The fraction of sp³-hybridized carbons (Fsp3) is 1.00. The zero-order valence-electron chi connectivity index (χ0n) is 7.68. The molecule has 8 nitrogen and oxygen atoms in total. The summed E-state index contributed by atoms with van der Waals surface area (Å²) in [6.45, 7) is -0.610. The van der Waals surface area contributed by atoms with E-state index < -0.39 is 41.4 Å². The number of aliphatic hydroxyl groups excluding tert-OH is 2. The van der Waals surface area contributed by atoms with E-state index in [-0.39, 0.29) is 6.61 Å². The molecule has 0 aromatic rings. The molecule has 1 saturated heterocycles. The fourth-order valence-corrected chi connectivity index (χ4v) is 1.51. The smallest absolute Gasteiger partial charge is 0.389 e. The highest BCUT2D eigenvalue weighted by Crippen LogP contribution is 2.15. The topological polar surface area (TPSA) is 139 Å². The number of rotatable bonds is 3. The van der Waals surface area contributed by atoms with Crippen LogP contribution in [-0.4, -0.2) is 60.8 Å². The lowest BCUT2D eigenvalue weighted by molar-refractivity contribution is -0.153. The first kappa shape index (κ1) is 12.8. The highest BCUT2D eigenvalue weighted by atomic mass is 32.3. The van der Waals surface area contributed by atoms with Gasteiger partial charge in [-0.25, -0.2) is 4.18 Å². The zero-order chi connectivity index (χ0) is 11.6. The second-order valence-electron chi connectivity index (χ2n) is 3.23. The molecule has 90 valence electrons. The largest absolute Gasteiger partial charge is 0.397 e. The summed E-state index contributed by atoms with van der Waals surface area (Å²) < 4.78 is 37.7. The van der Waals surface area contributed by atoms with Crippen molar-refractivity contribution in [2.45, 2.75) is 24.4 Å². The summed E-state index contributed by atoms with van der Waals surface area (Å²) in [5, 5.41) is 18.7. The molecule has 1 heterocycles. The van der Waals surface area contributed by atoms with Crippen molar-refractivity contribution >= 4 is 10.4 Å². The van der Waals surface area contributed by atoms with Gasteiger partial charge in [-0.05, 0) is 0 Å². The van der Waals surface area contributed by atoms with Crippen molar-refractivity contribution < 1.29 is 32.1 Å². The van der Waals surface area contributed by atoms with Crippen molar-refractivity contribution in [2.24, 2.45) is 5.73 Å². The van der Waals surface area contributed by atoms with Crippen LogP contribution in [0.25, 0.3) is 0 Å². The van der Waals surface area contributed by atoms with E-state index in [1.807, 2.05) is 0 Å². The van der Waals surface area contributed by atoms with Gasteiger partial charge in [-0.3, -0.25) is 4.55 Å². The summed E-state index contributed by atoms with van der Waals surface area (Å²) in [4.78, 5) is 0. The third-order valence-corrected chi connectivity index (χ3v) is 2.49. The van der Waals surface area contributed by atoms with Crippen LogP contribution in [0.4, 0.5) is 0 Å². The van der Waals surface area contributed by atoms with Crippen molar-refractivity contribution in [1.82, 2.24) is 0 Å². The lowest BCUT2D eigenvalue weighted by Crippen LogP contribution is -2.57. The molecule has 0 aromatic heterocycles. The Morgan fingerprint density at radius 1 is 1.40 bits per heavy atom. The molecule has 0 aromatic carbocycles. The average molecular weight is 243 g/mol. The Balaban J connectivity index is 2.50. The number of hydrogen-bond acceptors (Lipinski definition) is 7. The number of nitrogens with two attached hydrogens (primary N) is 1. The lowest BCUT2D eigenvalue weighted by atomic mass is 9.99. The van der Waals surface area contributed by atoms with Crippen LogP contribution in [0.15, 0.2) is 0 Å². The van der Waals surface area contributed by atoms with Gasteiger partial charge in [-0.1, -0.05) is 0 Å². The Morgan fingerprint density at radius 2 is 2.00 bits per heavy atom. The molecular formula is C6H13NO7S. The molecule has 1 fully saturated rings. The Hall–Kier alpha value is -0.290. The van der Waals surface area contributed by atoms with Crippen LogP contribution in [0.5, 0.6) is 0 Å². The highest BCUT2D eigenvalue weighted by Gasteiger charge is 2.37. The molecule has 0 radical (unpaired) electrons. The minimum Gasteiger partial charge on any atom is -0.389 e. The molecule has 0 spiro atoms. The van der Waals surface area contributed by atoms with E-state index in [2.05, 4.69) is 4.18 Å². The third kappa shape index (κ3) is 3.65. The average Bonchev–Trinajstić information content (AvgIpc) is 2.12. The van der Waals surface area contributed by atoms with Gasteiger partial charge in [-0.15, -0.1) is 0 Å². The third-order valence-electron chi connectivity index (χ3n) is 2.05. The van der Waals surface area contributed by atoms with Crippen molar-refractivity contribution in [3.05, 3.63) is 0 Å². The Bertz CT molecular complexity index is 305. The van der Waals surface area contributed by atoms with Gasteiger partial charge in [0.05, 0.1) is 25.4 Å². The predicted octanol–water partition coefficient (Wildman–Crippen LogP) is -2.75. The van der Waals surface area contributed by atoms with Crippen molar-refractivity contribution in [1.29, 1.82) is 0 Å². The standard InChI is InChI=1S/C6H13NO7S/c7-3-1-13-4(6(9)5(3)8)2-14-15(10,11)12/h3-6,8-9H,1-2,7H2,(H,10,11,12)/t3?,4?,5-,6+/m1/s1. The molecule has 1 aliphatic rings. The van der Waals surface area contributed by atoms with E-state index >= 15 is 0 Å². The van der Waals surface area contributed by atoms with E-state index in [0.29, 0.717) is 0 Å². The Kier molecular flexibility index (Phi) is 4.00. The van der Waals surface area contributed by atoms with Crippen LogP contribution in [-0.2, 0) is 19.3 Å². The minimum atomic E-state index is -4.58. The molecule has 0 saturated carbocycles. The molecule has 15 heavy (non-hydrogen) atoms. The molecule has 0 aliphatic carbocycles. The van der Waals surface area contributed by atoms with E-state index in [9.17, 15) is 18.6 Å². The number of ether oxygens (including phenoxy) is 1. The number of aliphatic hydroxyl groups is 2. The van der Waals surface area contributed by atoms with E-state index in [1.54, 1.807) is 0 Å². The molecule has 2 unspecified atom stereocenters. The minimum absolute atomic E-state index is 0.0300. The second-order valence-corrected chi connectivity index (χ2v) is 4.32. The monoisotopic (exact) mass is 243 g/mol. The predicted molar refractivity (Wildman–Crippen MR) is 47.2 cm³/mol. The van der Waals surface area contributed by atoms with E-state index in [4.69, 9.17) is 15.0 Å². The van der Waals surface area contributed by atoms with Crippen LogP contribution in [0.1, 0.15) is 0 Å². The van der Waals surface area contributed by atoms with Gasteiger partial charge in [-0.2, -0.15) is 8.42 Å². The summed E-state index contributed by atoms with van der Waals surface area (Å²) in [5.74, 6) is 0. The maximum atomic E-state index is 10.2. The molecule has 1 aliphatic heterocycles.